The minimum Gasteiger partial charge on any atom is -0.479 e. The first kappa shape index (κ1) is 19.8. The summed E-state index contributed by atoms with van der Waals surface area (Å²) >= 11 is 6.05. The van der Waals surface area contributed by atoms with Crippen LogP contribution in [0.5, 0.6) is 5.75 Å². The lowest BCUT2D eigenvalue weighted by Gasteiger charge is -2.20. The molecule has 5 nitrogen and oxygen atoms in total. The lowest BCUT2D eigenvalue weighted by Crippen LogP contribution is -2.36. The monoisotopic (exact) mass is 375 g/mol. The quantitative estimate of drug-likeness (QED) is 0.729. The van der Waals surface area contributed by atoms with Gasteiger partial charge < -0.3 is 14.8 Å². The Kier molecular flexibility index (Phi) is 7.04. The molecule has 138 valence electrons. The van der Waals surface area contributed by atoms with Crippen molar-refractivity contribution in [2.24, 2.45) is 0 Å². The number of ether oxygens (including phenoxy) is 2. The molecule has 26 heavy (non-hydrogen) atoms. The molecular formula is C20H22ClNO4. The van der Waals surface area contributed by atoms with E-state index in [0.29, 0.717) is 22.9 Å². The molecule has 6 heteroatoms. The van der Waals surface area contributed by atoms with E-state index in [2.05, 4.69) is 5.32 Å². The summed E-state index contributed by atoms with van der Waals surface area (Å²) in [5, 5.41) is 3.27. The van der Waals surface area contributed by atoms with Crippen LogP contribution in [0.2, 0.25) is 5.02 Å². The van der Waals surface area contributed by atoms with Crippen LogP contribution in [0.1, 0.15) is 25.8 Å². The zero-order valence-electron chi connectivity index (χ0n) is 15.0. The van der Waals surface area contributed by atoms with Crippen LogP contribution in [0.25, 0.3) is 0 Å². The molecule has 0 unspecified atom stereocenters. The van der Waals surface area contributed by atoms with Gasteiger partial charge in [0.1, 0.15) is 5.75 Å². The molecule has 0 aliphatic heterocycles. The Labute approximate surface area is 158 Å². The molecule has 0 heterocycles. The van der Waals surface area contributed by atoms with Gasteiger partial charge in [-0.15, -0.1) is 0 Å². The van der Waals surface area contributed by atoms with Gasteiger partial charge in [-0.2, -0.15) is 0 Å². The number of hydrogen-bond acceptors (Lipinski definition) is 4. The van der Waals surface area contributed by atoms with Gasteiger partial charge in [0, 0.05) is 10.7 Å². The highest BCUT2D eigenvalue weighted by Gasteiger charge is 2.25. The molecule has 2 atom stereocenters. The molecule has 0 bridgehead atoms. The summed E-state index contributed by atoms with van der Waals surface area (Å²) in [7, 11) is 0. The van der Waals surface area contributed by atoms with Crippen LogP contribution in [0, 0.1) is 6.92 Å². The average molecular weight is 376 g/mol. The van der Waals surface area contributed by atoms with Gasteiger partial charge in [0.15, 0.2) is 12.2 Å². The summed E-state index contributed by atoms with van der Waals surface area (Å²) in [6.07, 6.45) is -1.31. The summed E-state index contributed by atoms with van der Waals surface area (Å²) in [4.78, 5) is 24.6. The molecule has 0 radical (unpaired) electrons. The van der Waals surface area contributed by atoms with Gasteiger partial charge in [-0.05, 0) is 50.1 Å². The number of para-hydroxylation sites is 1. The van der Waals surface area contributed by atoms with E-state index in [1.165, 1.54) is 6.92 Å². The number of benzene rings is 2. The van der Waals surface area contributed by atoms with Gasteiger partial charge in [0.05, 0.1) is 0 Å². The second kappa shape index (κ2) is 9.25. The van der Waals surface area contributed by atoms with E-state index in [1.54, 1.807) is 37.3 Å². The highest BCUT2D eigenvalue weighted by molar-refractivity contribution is 6.31. The van der Waals surface area contributed by atoms with Crippen LogP contribution in [0.15, 0.2) is 48.5 Å². The smallest absolute Gasteiger partial charge is 0.348 e. The minimum absolute atomic E-state index is 0.426. The van der Waals surface area contributed by atoms with E-state index in [1.807, 2.05) is 25.1 Å². The molecule has 0 spiro atoms. The fourth-order valence-corrected chi connectivity index (χ4v) is 2.42. The van der Waals surface area contributed by atoms with E-state index in [-0.39, 0.29) is 0 Å². The number of rotatable bonds is 7. The predicted molar refractivity (Wildman–Crippen MR) is 102 cm³/mol. The van der Waals surface area contributed by atoms with Crippen molar-refractivity contribution >= 4 is 29.2 Å². The second-order valence-electron chi connectivity index (χ2n) is 5.81. The van der Waals surface area contributed by atoms with E-state index in [9.17, 15) is 9.59 Å². The maximum atomic E-state index is 12.3. The predicted octanol–water partition coefficient (Wildman–Crippen LogP) is 4.38. The maximum Gasteiger partial charge on any atom is 0.348 e. The Hall–Kier alpha value is -2.53. The fraction of sp³-hybridized carbons (Fsp3) is 0.300. The standard InChI is InChI=1S/C20H22ClNO4/c1-4-18(26-15-9-6-5-7-10-15)20(24)25-14(3)19(23)22-17-12-8-11-16(21)13(17)2/h5-12,14,18H,4H2,1-3H3,(H,22,23)/t14-,18-/m1/s1. The molecule has 0 saturated carbocycles. The van der Waals surface area contributed by atoms with Gasteiger partial charge >= 0.3 is 5.97 Å². The van der Waals surface area contributed by atoms with Crippen LogP contribution < -0.4 is 10.1 Å². The molecule has 0 fully saturated rings. The van der Waals surface area contributed by atoms with Gasteiger partial charge in [-0.25, -0.2) is 4.79 Å². The first-order valence-electron chi connectivity index (χ1n) is 8.40. The molecule has 0 aliphatic rings. The van der Waals surface area contributed by atoms with E-state index in [0.717, 1.165) is 5.56 Å². The molecule has 0 aliphatic carbocycles. The van der Waals surface area contributed by atoms with Gasteiger partial charge in [0.2, 0.25) is 0 Å². The number of esters is 1. The molecule has 2 rings (SSSR count). The summed E-state index contributed by atoms with van der Waals surface area (Å²) in [6, 6.07) is 14.2. The number of carbonyl (C=O) groups is 2. The largest absolute Gasteiger partial charge is 0.479 e. The Morgan fingerprint density at radius 3 is 2.46 bits per heavy atom. The zero-order chi connectivity index (χ0) is 19.1. The van der Waals surface area contributed by atoms with Crippen LogP contribution >= 0.6 is 11.6 Å². The van der Waals surface area contributed by atoms with Crippen molar-refractivity contribution in [2.75, 3.05) is 5.32 Å². The Morgan fingerprint density at radius 1 is 1.12 bits per heavy atom. The van der Waals surface area contributed by atoms with Crippen molar-refractivity contribution in [3.05, 3.63) is 59.1 Å². The van der Waals surface area contributed by atoms with Crippen molar-refractivity contribution in [1.82, 2.24) is 0 Å². The third-order valence-corrected chi connectivity index (χ3v) is 4.25. The Balaban J connectivity index is 1.96. The van der Waals surface area contributed by atoms with Gasteiger partial charge in [-0.3, -0.25) is 4.79 Å². The van der Waals surface area contributed by atoms with Gasteiger partial charge in [-0.1, -0.05) is 42.8 Å². The van der Waals surface area contributed by atoms with Crippen LogP contribution in [0.4, 0.5) is 5.69 Å². The van der Waals surface area contributed by atoms with E-state index >= 15 is 0 Å². The third-order valence-electron chi connectivity index (χ3n) is 3.84. The molecular weight excluding hydrogens is 354 g/mol. The summed E-state index contributed by atoms with van der Waals surface area (Å²) < 4.78 is 10.9. The second-order valence-corrected chi connectivity index (χ2v) is 6.22. The average Bonchev–Trinajstić information content (AvgIpc) is 2.64. The van der Waals surface area contributed by atoms with Crippen molar-refractivity contribution in [3.63, 3.8) is 0 Å². The van der Waals surface area contributed by atoms with Crippen molar-refractivity contribution in [1.29, 1.82) is 0 Å². The van der Waals surface area contributed by atoms with Crippen LogP contribution in [-0.2, 0) is 14.3 Å². The van der Waals surface area contributed by atoms with Gasteiger partial charge in [0.25, 0.3) is 5.91 Å². The Morgan fingerprint density at radius 2 is 1.81 bits per heavy atom. The maximum absolute atomic E-state index is 12.3. The van der Waals surface area contributed by atoms with Crippen molar-refractivity contribution in [3.8, 4) is 5.75 Å². The SMILES string of the molecule is CC[C@@H](Oc1ccccc1)C(=O)O[C@H](C)C(=O)Nc1cccc(Cl)c1C. The van der Waals surface area contributed by atoms with Crippen LogP contribution in [0.3, 0.4) is 0 Å². The van der Waals surface area contributed by atoms with Crippen molar-refractivity contribution < 1.29 is 19.1 Å². The van der Waals surface area contributed by atoms with Crippen molar-refractivity contribution in [2.45, 2.75) is 39.4 Å². The third kappa shape index (κ3) is 5.23. The number of anilines is 1. The van der Waals surface area contributed by atoms with Crippen LogP contribution in [-0.4, -0.2) is 24.1 Å². The normalized spacial score (nSPS) is 12.8. The number of carbonyl (C=O) groups excluding carboxylic acids is 2. The molecule has 2 aromatic carbocycles. The summed E-state index contributed by atoms with van der Waals surface area (Å²) in [5.74, 6) is -0.442. The fourth-order valence-electron chi connectivity index (χ4n) is 2.24. The lowest BCUT2D eigenvalue weighted by molar-refractivity contribution is -0.160. The van der Waals surface area contributed by atoms with E-state index < -0.39 is 24.1 Å². The first-order chi connectivity index (χ1) is 12.4. The highest BCUT2D eigenvalue weighted by Crippen LogP contribution is 2.23. The number of amides is 1. The topological polar surface area (TPSA) is 64.6 Å². The van der Waals surface area contributed by atoms with E-state index in [4.69, 9.17) is 21.1 Å². The molecule has 2 aromatic rings. The zero-order valence-corrected chi connectivity index (χ0v) is 15.7. The lowest BCUT2D eigenvalue weighted by atomic mass is 10.2. The summed E-state index contributed by atoms with van der Waals surface area (Å²) in [5.41, 5.74) is 1.33. The first-order valence-corrected chi connectivity index (χ1v) is 8.78. The molecule has 1 amide bonds. The molecule has 0 aromatic heterocycles. The number of halogens is 1. The molecule has 1 N–H and O–H groups in total. The number of nitrogens with one attached hydrogen (secondary N) is 1. The highest BCUT2D eigenvalue weighted by atomic mass is 35.5. The molecule has 0 saturated heterocycles. The summed E-state index contributed by atoms with van der Waals surface area (Å²) in [6.45, 7) is 5.13. The number of hydrogen-bond donors (Lipinski definition) is 1. The Bertz CT molecular complexity index is 764. The minimum atomic E-state index is -0.964.